The molecule has 14 heavy (non-hydrogen) atoms. The molecule has 0 aliphatic heterocycles. The van der Waals surface area contributed by atoms with Crippen molar-refractivity contribution in [3.8, 4) is 0 Å². The molecule has 1 aromatic carbocycles. The Balaban J connectivity index is 3.60. The fourth-order valence-electron chi connectivity index (χ4n) is 0.831. The number of benzene rings is 1. The van der Waals surface area contributed by atoms with Gasteiger partial charge in [-0.1, -0.05) is 69.6 Å². The Kier molecular flexibility index (Phi) is 4.49. The number of rotatable bonds is 1. The van der Waals surface area contributed by atoms with E-state index in [9.17, 15) is 0 Å². The van der Waals surface area contributed by atoms with Crippen molar-refractivity contribution in [2.45, 2.75) is 5.56 Å². The van der Waals surface area contributed by atoms with E-state index < -0.39 is 5.56 Å². The molecule has 0 aromatic heterocycles. The molecule has 0 saturated carbocycles. The predicted molar refractivity (Wildman–Crippen MR) is 62.3 cm³/mol. The van der Waals surface area contributed by atoms with Gasteiger partial charge in [0.1, 0.15) is 0 Å². The summed E-state index contributed by atoms with van der Waals surface area (Å²) in [6.45, 7) is 0. The lowest BCUT2D eigenvalue weighted by Gasteiger charge is -2.12. The normalized spacial score (nSPS) is 13.1. The molecule has 0 spiro atoms. The highest BCUT2D eigenvalue weighted by atomic mass is 35.5. The van der Waals surface area contributed by atoms with Gasteiger partial charge in [0.25, 0.3) is 0 Å². The second kappa shape index (κ2) is 4.84. The number of hydrogen-bond acceptors (Lipinski definition) is 1. The number of aliphatic hydroxyl groups is 1. The highest BCUT2D eigenvalue weighted by Crippen LogP contribution is 2.46. The van der Waals surface area contributed by atoms with Crippen molar-refractivity contribution in [3.05, 3.63) is 30.7 Å². The van der Waals surface area contributed by atoms with Gasteiger partial charge < -0.3 is 5.11 Å². The highest BCUT2D eigenvalue weighted by Gasteiger charge is 2.22. The van der Waals surface area contributed by atoms with Crippen LogP contribution < -0.4 is 0 Å². The van der Waals surface area contributed by atoms with Crippen molar-refractivity contribution in [2.24, 2.45) is 0 Å². The van der Waals surface area contributed by atoms with Crippen LogP contribution in [0.3, 0.4) is 0 Å². The van der Waals surface area contributed by atoms with Crippen molar-refractivity contribution in [1.82, 2.24) is 0 Å². The number of alkyl halides is 1. The van der Waals surface area contributed by atoms with Gasteiger partial charge in [-0.3, -0.25) is 0 Å². The van der Waals surface area contributed by atoms with Crippen LogP contribution in [0, 0.1) is 0 Å². The summed E-state index contributed by atoms with van der Waals surface area (Å²) in [7, 11) is 0. The SMILES string of the molecule is OC(Cl)c1c(Cl)c(Cl)c(Cl)c(Cl)c1Cl. The van der Waals surface area contributed by atoms with Gasteiger partial charge in [-0.25, -0.2) is 0 Å². The summed E-state index contributed by atoms with van der Waals surface area (Å²) >= 11 is 34.1. The monoisotopic (exact) mass is 312 g/mol. The van der Waals surface area contributed by atoms with Crippen LogP contribution in [0.25, 0.3) is 0 Å². The Morgan fingerprint density at radius 2 is 1.00 bits per heavy atom. The average molecular weight is 315 g/mol. The number of aliphatic hydroxyl groups excluding tert-OH is 1. The molecular weight excluding hydrogens is 313 g/mol. The molecule has 1 atom stereocenters. The molecule has 0 bridgehead atoms. The first kappa shape index (κ1) is 13.0. The third-order valence-corrected chi connectivity index (χ3v) is 4.01. The second-order valence-electron chi connectivity index (χ2n) is 2.32. The van der Waals surface area contributed by atoms with Crippen molar-refractivity contribution < 1.29 is 5.11 Å². The minimum atomic E-state index is -1.39. The van der Waals surface area contributed by atoms with Crippen molar-refractivity contribution in [3.63, 3.8) is 0 Å². The molecule has 0 amide bonds. The van der Waals surface area contributed by atoms with Gasteiger partial charge in [0.05, 0.1) is 25.1 Å². The Morgan fingerprint density at radius 3 is 1.29 bits per heavy atom. The minimum Gasteiger partial charge on any atom is -0.373 e. The average Bonchev–Trinajstić information content (AvgIpc) is 2.11. The van der Waals surface area contributed by atoms with E-state index in [-0.39, 0.29) is 30.7 Å². The first-order chi connectivity index (χ1) is 6.37. The van der Waals surface area contributed by atoms with E-state index in [0.717, 1.165) is 0 Å². The molecule has 1 N–H and O–H groups in total. The van der Waals surface area contributed by atoms with Crippen molar-refractivity contribution in [2.75, 3.05) is 0 Å². The molecular formula is C7H2Cl6O. The van der Waals surface area contributed by atoms with Gasteiger partial charge in [-0.2, -0.15) is 0 Å². The van der Waals surface area contributed by atoms with E-state index in [1.54, 1.807) is 0 Å². The molecule has 1 nitrogen and oxygen atoms in total. The van der Waals surface area contributed by atoms with Crippen LogP contribution >= 0.6 is 69.6 Å². The first-order valence-electron chi connectivity index (χ1n) is 3.21. The van der Waals surface area contributed by atoms with Crippen LogP contribution in [-0.2, 0) is 0 Å². The van der Waals surface area contributed by atoms with Gasteiger partial charge in [0.2, 0.25) is 0 Å². The van der Waals surface area contributed by atoms with Crippen LogP contribution in [0.4, 0.5) is 0 Å². The summed E-state index contributed by atoms with van der Waals surface area (Å²) in [5.74, 6) is 0. The zero-order chi connectivity index (χ0) is 11.0. The topological polar surface area (TPSA) is 20.2 Å². The third kappa shape index (κ3) is 2.19. The highest BCUT2D eigenvalue weighted by molar-refractivity contribution is 6.55. The van der Waals surface area contributed by atoms with Crippen LogP contribution in [0.15, 0.2) is 0 Å². The Bertz CT molecular complexity index is 346. The zero-order valence-electron chi connectivity index (χ0n) is 6.29. The van der Waals surface area contributed by atoms with Gasteiger partial charge in [0, 0.05) is 5.56 Å². The van der Waals surface area contributed by atoms with Gasteiger partial charge >= 0.3 is 0 Å². The number of hydrogen-bond donors (Lipinski definition) is 1. The number of halogens is 6. The maximum atomic E-state index is 9.16. The third-order valence-electron chi connectivity index (χ3n) is 1.48. The Hall–Kier alpha value is 0.920. The summed E-state index contributed by atoms with van der Waals surface area (Å²) in [6, 6.07) is 0. The fraction of sp³-hybridized carbons (Fsp3) is 0.143. The molecule has 0 heterocycles. The minimum absolute atomic E-state index is 0.00596. The Labute approximate surface area is 110 Å². The van der Waals surface area contributed by atoms with E-state index >= 15 is 0 Å². The molecule has 0 saturated heterocycles. The molecule has 7 heteroatoms. The lowest BCUT2D eigenvalue weighted by Crippen LogP contribution is -1.94. The van der Waals surface area contributed by atoms with Crippen LogP contribution in [0.1, 0.15) is 11.1 Å². The maximum absolute atomic E-state index is 9.16. The first-order valence-corrected chi connectivity index (χ1v) is 5.54. The van der Waals surface area contributed by atoms with Crippen LogP contribution in [0.5, 0.6) is 0 Å². The summed E-state index contributed by atoms with van der Waals surface area (Å²) in [4.78, 5) is 0. The van der Waals surface area contributed by atoms with Crippen molar-refractivity contribution in [1.29, 1.82) is 0 Å². The summed E-state index contributed by atoms with van der Waals surface area (Å²) in [6.07, 6.45) is 0. The zero-order valence-corrected chi connectivity index (χ0v) is 10.8. The van der Waals surface area contributed by atoms with Crippen molar-refractivity contribution >= 4 is 69.6 Å². The molecule has 0 aliphatic rings. The molecule has 1 rings (SSSR count). The predicted octanol–water partition coefficient (Wildman–Crippen LogP) is 5.18. The second-order valence-corrected chi connectivity index (χ2v) is 4.62. The van der Waals surface area contributed by atoms with E-state index in [2.05, 4.69) is 0 Å². The summed E-state index contributed by atoms with van der Waals surface area (Å²) in [5.41, 5.74) is -1.34. The molecule has 1 unspecified atom stereocenters. The smallest absolute Gasteiger partial charge is 0.156 e. The van der Waals surface area contributed by atoms with E-state index in [1.807, 2.05) is 0 Å². The lowest BCUT2D eigenvalue weighted by atomic mass is 10.2. The van der Waals surface area contributed by atoms with E-state index in [1.165, 1.54) is 0 Å². The lowest BCUT2D eigenvalue weighted by molar-refractivity contribution is 0.263. The quantitative estimate of drug-likeness (QED) is 0.430. The molecule has 0 radical (unpaired) electrons. The molecule has 0 aliphatic carbocycles. The molecule has 0 fully saturated rings. The summed E-state index contributed by atoms with van der Waals surface area (Å²) < 4.78 is 0. The largest absolute Gasteiger partial charge is 0.373 e. The van der Waals surface area contributed by atoms with E-state index in [0.29, 0.717) is 0 Å². The molecule has 78 valence electrons. The summed E-state index contributed by atoms with van der Waals surface area (Å²) in [5, 5.41) is 9.20. The van der Waals surface area contributed by atoms with E-state index in [4.69, 9.17) is 74.7 Å². The van der Waals surface area contributed by atoms with Gasteiger partial charge in [-0.05, 0) is 0 Å². The standard InChI is InChI=1S/C7H2Cl6O/c8-2-1(7(13)14)3(9)5(11)6(12)4(2)10/h7,14H. The maximum Gasteiger partial charge on any atom is 0.156 e. The van der Waals surface area contributed by atoms with Gasteiger partial charge in [-0.15, -0.1) is 0 Å². The van der Waals surface area contributed by atoms with Crippen LogP contribution in [-0.4, -0.2) is 5.11 Å². The molecule has 1 aromatic rings. The van der Waals surface area contributed by atoms with Crippen LogP contribution in [0.2, 0.25) is 25.1 Å². The fourth-order valence-corrected chi connectivity index (χ4v) is 2.52. The van der Waals surface area contributed by atoms with Gasteiger partial charge in [0.15, 0.2) is 5.56 Å². The Morgan fingerprint density at radius 1 is 0.714 bits per heavy atom.